The van der Waals surface area contributed by atoms with E-state index in [1.54, 1.807) is 0 Å². The molecule has 9 nitrogen and oxygen atoms in total. The molecule has 3 aromatic rings. The molecule has 0 amide bonds. The lowest BCUT2D eigenvalue weighted by atomic mass is 9.95. The maximum atomic E-state index is 13.9. The SMILES string of the molecule is CCN(CC)CC(C)Cc1ccc(C(=O)Cc2n[nH]c3c2CN(S(=O)(=O)c2cc(F)cc(F)c2)CC3)c(NC2CCOCC2)c1. The first kappa shape index (κ1) is 33.2. The standard InChI is InChI=1S/C33H43F2N5O4S/c1-4-39(5-2)20-22(3)14-23-6-7-28(31(15-23)36-26-9-12-44-13-10-26)33(41)19-32-29-21-40(11-8-30(29)37-38-32)45(42,43)27-17-24(34)16-25(35)18-27/h6-7,15-18,22,26,36H,4-5,8-14,19-21H2,1-3H3,(H,37,38). The van der Waals surface area contributed by atoms with Crippen LogP contribution in [0, 0.1) is 17.6 Å². The van der Waals surface area contributed by atoms with Crippen molar-refractivity contribution < 1.29 is 26.7 Å². The van der Waals surface area contributed by atoms with Gasteiger partial charge in [-0.2, -0.15) is 9.40 Å². The summed E-state index contributed by atoms with van der Waals surface area (Å²) in [6.07, 6.45) is 2.91. The van der Waals surface area contributed by atoms with Gasteiger partial charge in [-0.15, -0.1) is 0 Å². The normalized spacial score (nSPS) is 16.9. The number of benzene rings is 2. The molecule has 0 aliphatic carbocycles. The number of anilines is 1. The van der Waals surface area contributed by atoms with Gasteiger partial charge in [-0.3, -0.25) is 9.89 Å². The van der Waals surface area contributed by atoms with Crippen molar-refractivity contribution in [2.75, 3.05) is 44.7 Å². The number of ether oxygens (including phenoxy) is 1. The van der Waals surface area contributed by atoms with E-state index in [9.17, 15) is 22.0 Å². The number of fused-ring (bicyclic) bond motifs is 1. The lowest BCUT2D eigenvalue weighted by molar-refractivity contribution is 0.0904. The molecule has 2 aromatic carbocycles. The van der Waals surface area contributed by atoms with Crippen molar-refractivity contribution in [2.45, 2.75) is 70.4 Å². The van der Waals surface area contributed by atoms with Crippen LogP contribution in [0.25, 0.3) is 0 Å². The summed E-state index contributed by atoms with van der Waals surface area (Å²) in [5.41, 5.74) is 4.36. The molecule has 0 bridgehead atoms. The van der Waals surface area contributed by atoms with E-state index in [0.717, 1.165) is 68.0 Å². The average Bonchev–Trinajstić information content (AvgIpc) is 3.41. The molecule has 45 heavy (non-hydrogen) atoms. The van der Waals surface area contributed by atoms with Crippen LogP contribution in [0.15, 0.2) is 41.3 Å². The van der Waals surface area contributed by atoms with E-state index < -0.39 is 26.6 Å². The third kappa shape index (κ3) is 7.97. The van der Waals surface area contributed by atoms with Crippen molar-refractivity contribution in [3.63, 3.8) is 0 Å². The molecule has 244 valence electrons. The summed E-state index contributed by atoms with van der Waals surface area (Å²) >= 11 is 0. The van der Waals surface area contributed by atoms with E-state index in [1.807, 2.05) is 12.1 Å². The molecule has 1 saturated heterocycles. The van der Waals surface area contributed by atoms with E-state index in [0.29, 0.717) is 48.4 Å². The van der Waals surface area contributed by atoms with Crippen molar-refractivity contribution in [3.05, 3.63) is 76.1 Å². The molecule has 2 aliphatic rings. The zero-order valence-electron chi connectivity index (χ0n) is 26.2. The molecular weight excluding hydrogens is 600 g/mol. The zero-order chi connectivity index (χ0) is 32.1. The van der Waals surface area contributed by atoms with E-state index >= 15 is 0 Å². The minimum absolute atomic E-state index is 0.0194. The fourth-order valence-corrected chi connectivity index (χ4v) is 7.74. The van der Waals surface area contributed by atoms with E-state index in [1.165, 1.54) is 4.31 Å². The number of H-pyrrole nitrogens is 1. The molecule has 12 heteroatoms. The molecule has 1 aromatic heterocycles. The second-order valence-corrected chi connectivity index (χ2v) is 14.1. The lowest BCUT2D eigenvalue weighted by Crippen LogP contribution is -2.36. The van der Waals surface area contributed by atoms with Crippen molar-refractivity contribution in [1.29, 1.82) is 0 Å². The third-order valence-corrected chi connectivity index (χ3v) is 10.6. The Kier molecular flexibility index (Phi) is 10.7. The van der Waals surface area contributed by atoms with Crippen LogP contribution in [-0.2, 0) is 40.6 Å². The van der Waals surface area contributed by atoms with Gasteiger partial charge in [-0.25, -0.2) is 17.2 Å². The van der Waals surface area contributed by atoms with Crippen LogP contribution in [0.5, 0.6) is 0 Å². The topological polar surface area (TPSA) is 108 Å². The molecule has 0 saturated carbocycles. The highest BCUT2D eigenvalue weighted by atomic mass is 32.2. The van der Waals surface area contributed by atoms with Gasteiger partial charge in [0, 0.05) is 73.9 Å². The van der Waals surface area contributed by atoms with Crippen molar-refractivity contribution in [3.8, 4) is 0 Å². The first-order valence-electron chi connectivity index (χ1n) is 15.8. The maximum absolute atomic E-state index is 13.9. The number of hydrogen-bond acceptors (Lipinski definition) is 7. The largest absolute Gasteiger partial charge is 0.382 e. The molecule has 0 radical (unpaired) electrons. The summed E-state index contributed by atoms with van der Waals surface area (Å²) in [5, 5.41) is 11.0. The van der Waals surface area contributed by atoms with Gasteiger partial charge in [0.2, 0.25) is 10.0 Å². The highest BCUT2D eigenvalue weighted by molar-refractivity contribution is 7.89. The maximum Gasteiger partial charge on any atom is 0.243 e. The smallest absolute Gasteiger partial charge is 0.243 e. The number of carbonyl (C=O) groups excluding carboxylic acids is 1. The summed E-state index contributed by atoms with van der Waals surface area (Å²) in [6, 6.07) is 8.46. The number of nitrogens with one attached hydrogen (secondary N) is 2. The van der Waals surface area contributed by atoms with Crippen LogP contribution >= 0.6 is 0 Å². The van der Waals surface area contributed by atoms with E-state index in [2.05, 4.69) is 47.3 Å². The van der Waals surface area contributed by atoms with Gasteiger partial charge < -0.3 is 15.0 Å². The Morgan fingerprint density at radius 3 is 2.53 bits per heavy atom. The zero-order valence-corrected chi connectivity index (χ0v) is 27.1. The number of halogens is 2. The second-order valence-electron chi connectivity index (χ2n) is 12.1. The van der Waals surface area contributed by atoms with Crippen LogP contribution in [0.2, 0.25) is 0 Å². The quantitative estimate of drug-likeness (QED) is 0.253. The summed E-state index contributed by atoms with van der Waals surface area (Å²) in [4.78, 5) is 15.8. The first-order chi connectivity index (χ1) is 21.6. The number of aromatic nitrogens is 2. The predicted octanol–water partition coefficient (Wildman–Crippen LogP) is 4.97. The second kappa shape index (κ2) is 14.5. The van der Waals surface area contributed by atoms with Gasteiger partial charge in [0.25, 0.3) is 0 Å². The molecule has 5 rings (SSSR count). The number of nitrogens with zero attached hydrogens (tertiary/aromatic N) is 3. The Labute approximate surface area is 264 Å². The number of sulfonamides is 1. The van der Waals surface area contributed by atoms with Crippen LogP contribution in [0.3, 0.4) is 0 Å². The molecule has 2 aliphatic heterocycles. The van der Waals surface area contributed by atoms with Crippen molar-refractivity contribution in [2.24, 2.45) is 5.92 Å². The van der Waals surface area contributed by atoms with Gasteiger partial charge in [0.05, 0.1) is 17.0 Å². The Hall–Kier alpha value is -3.19. The average molecular weight is 644 g/mol. The number of rotatable bonds is 13. The molecule has 1 fully saturated rings. The highest BCUT2D eigenvalue weighted by Gasteiger charge is 2.32. The molecule has 2 N–H and O–H groups in total. The van der Waals surface area contributed by atoms with Gasteiger partial charge in [-0.05, 0) is 68.1 Å². The lowest BCUT2D eigenvalue weighted by Gasteiger charge is -2.27. The summed E-state index contributed by atoms with van der Waals surface area (Å²) in [6.45, 7) is 11.0. The van der Waals surface area contributed by atoms with Crippen molar-refractivity contribution in [1.82, 2.24) is 19.4 Å². The third-order valence-electron chi connectivity index (χ3n) is 8.80. The Morgan fingerprint density at radius 1 is 1.13 bits per heavy atom. The van der Waals surface area contributed by atoms with Crippen LogP contribution in [-0.4, -0.2) is 79.0 Å². The van der Waals surface area contributed by atoms with E-state index in [4.69, 9.17) is 4.74 Å². The van der Waals surface area contributed by atoms with Gasteiger partial charge in [0.1, 0.15) is 11.6 Å². The van der Waals surface area contributed by atoms with Crippen LogP contribution in [0.1, 0.15) is 66.5 Å². The Morgan fingerprint density at radius 2 is 1.84 bits per heavy atom. The van der Waals surface area contributed by atoms with Gasteiger partial charge in [0.15, 0.2) is 5.78 Å². The fourth-order valence-electron chi connectivity index (χ4n) is 6.29. The number of Topliss-reactive ketones (excluding diaryl/α,β-unsaturated/α-hetero) is 1. The molecule has 1 unspecified atom stereocenters. The molecule has 1 atom stereocenters. The van der Waals surface area contributed by atoms with Crippen LogP contribution < -0.4 is 5.32 Å². The van der Waals surface area contributed by atoms with Crippen molar-refractivity contribution >= 4 is 21.5 Å². The van der Waals surface area contributed by atoms with Gasteiger partial charge >= 0.3 is 0 Å². The number of aromatic amines is 1. The van der Waals surface area contributed by atoms with Crippen LogP contribution in [0.4, 0.5) is 14.5 Å². The monoisotopic (exact) mass is 643 g/mol. The minimum atomic E-state index is -4.17. The summed E-state index contributed by atoms with van der Waals surface area (Å²) in [5.74, 6) is -1.61. The molecule has 0 spiro atoms. The fraction of sp³-hybridized carbons (Fsp3) is 0.515. The molecule has 3 heterocycles. The van der Waals surface area contributed by atoms with E-state index in [-0.39, 0.29) is 31.3 Å². The predicted molar refractivity (Wildman–Crippen MR) is 169 cm³/mol. The Balaban J connectivity index is 1.36. The summed E-state index contributed by atoms with van der Waals surface area (Å²) in [7, 11) is -4.17. The minimum Gasteiger partial charge on any atom is -0.382 e. The Bertz CT molecular complexity index is 1580. The first-order valence-corrected chi connectivity index (χ1v) is 17.2. The molecular formula is C33H43F2N5O4S. The summed E-state index contributed by atoms with van der Waals surface area (Å²) < 4.78 is 61.0. The number of carbonyl (C=O) groups is 1. The number of hydrogen-bond donors (Lipinski definition) is 2. The highest BCUT2D eigenvalue weighted by Crippen LogP contribution is 2.29. The van der Waals surface area contributed by atoms with Gasteiger partial charge in [-0.1, -0.05) is 26.8 Å². The number of ketones is 1.